The van der Waals surface area contributed by atoms with Gasteiger partial charge in [0.05, 0.1) is 21.8 Å². The lowest BCUT2D eigenvalue weighted by molar-refractivity contribution is -0.114. The summed E-state index contributed by atoms with van der Waals surface area (Å²) in [4.78, 5) is 25.8. The Balaban J connectivity index is 1.90. The zero-order valence-electron chi connectivity index (χ0n) is 19.5. The Morgan fingerprint density at radius 3 is 2.29 bits per heavy atom. The van der Waals surface area contributed by atoms with Crippen molar-refractivity contribution in [3.8, 4) is 0 Å². The fraction of sp³-hybridized carbons (Fsp3) is 0.231. The zero-order chi connectivity index (χ0) is 24.7. The number of para-hydroxylation sites is 1. The van der Waals surface area contributed by atoms with E-state index in [0.717, 1.165) is 16.3 Å². The molecule has 0 aromatic heterocycles. The molecular weight excluding hydrogens is 450 g/mol. The number of aryl methyl sites for hydroxylation is 1. The molecule has 2 amide bonds. The van der Waals surface area contributed by atoms with E-state index in [1.807, 2.05) is 26.8 Å². The first-order chi connectivity index (χ1) is 16.2. The Labute approximate surface area is 200 Å². The van der Waals surface area contributed by atoms with Crippen molar-refractivity contribution in [2.24, 2.45) is 0 Å². The second kappa shape index (κ2) is 11.0. The Bertz CT molecular complexity index is 1260. The van der Waals surface area contributed by atoms with Gasteiger partial charge in [-0.05, 0) is 62.2 Å². The maximum Gasteiger partial charge on any atom is 0.264 e. The van der Waals surface area contributed by atoms with Gasteiger partial charge in [0.25, 0.3) is 15.9 Å². The monoisotopic (exact) mass is 479 g/mol. The molecule has 0 aliphatic rings. The van der Waals surface area contributed by atoms with Gasteiger partial charge in [-0.15, -0.1) is 0 Å². The van der Waals surface area contributed by atoms with Crippen LogP contribution in [0.4, 0.5) is 11.4 Å². The molecule has 0 unspecified atom stereocenters. The number of benzene rings is 3. The summed E-state index contributed by atoms with van der Waals surface area (Å²) in [5.41, 5.74) is 1.86. The van der Waals surface area contributed by atoms with Crippen molar-refractivity contribution in [2.45, 2.75) is 38.1 Å². The number of rotatable bonds is 9. The minimum atomic E-state index is -4.01. The number of hydrogen-bond donors (Lipinski definition) is 2. The van der Waals surface area contributed by atoms with Crippen LogP contribution >= 0.6 is 0 Å². The number of anilines is 2. The Morgan fingerprint density at radius 1 is 0.941 bits per heavy atom. The van der Waals surface area contributed by atoms with Gasteiger partial charge >= 0.3 is 0 Å². The maximum atomic E-state index is 13.4. The maximum absolute atomic E-state index is 13.4. The molecule has 0 radical (unpaired) electrons. The van der Waals surface area contributed by atoms with Gasteiger partial charge in [-0.2, -0.15) is 0 Å². The summed E-state index contributed by atoms with van der Waals surface area (Å²) in [5.74, 6) is -0.873. The lowest BCUT2D eigenvalue weighted by Crippen LogP contribution is -2.38. The number of sulfonamides is 1. The molecule has 8 heteroatoms. The first-order valence-electron chi connectivity index (χ1n) is 11.1. The van der Waals surface area contributed by atoms with E-state index in [2.05, 4.69) is 10.6 Å². The minimum absolute atomic E-state index is 0.0240. The zero-order valence-corrected chi connectivity index (χ0v) is 20.3. The summed E-state index contributed by atoms with van der Waals surface area (Å²) in [7, 11) is -4.01. The molecule has 178 valence electrons. The number of carbonyl (C=O) groups is 2. The molecule has 3 aromatic carbocycles. The van der Waals surface area contributed by atoms with Crippen LogP contribution in [0.3, 0.4) is 0 Å². The number of nitrogens with zero attached hydrogens (tertiary/aromatic N) is 1. The lowest BCUT2D eigenvalue weighted by Gasteiger charge is -2.24. The van der Waals surface area contributed by atoms with Crippen molar-refractivity contribution in [2.75, 3.05) is 16.2 Å². The van der Waals surface area contributed by atoms with Crippen LogP contribution in [0.5, 0.6) is 0 Å². The fourth-order valence-corrected chi connectivity index (χ4v) is 4.77. The lowest BCUT2D eigenvalue weighted by atomic mass is 10.1. The quantitative estimate of drug-likeness (QED) is 0.477. The summed E-state index contributed by atoms with van der Waals surface area (Å²) in [6.07, 6.45) is 0.767. The number of hydrogen-bond acceptors (Lipinski definition) is 4. The van der Waals surface area contributed by atoms with Crippen LogP contribution in [-0.4, -0.2) is 32.8 Å². The van der Waals surface area contributed by atoms with Crippen LogP contribution in [0, 0.1) is 6.92 Å². The molecule has 2 N–H and O–H groups in total. The predicted octanol–water partition coefficient (Wildman–Crippen LogP) is 4.36. The van der Waals surface area contributed by atoms with E-state index in [9.17, 15) is 18.0 Å². The Hall–Kier alpha value is -3.65. The molecule has 3 aromatic rings. The largest absolute Gasteiger partial charge is 0.350 e. The van der Waals surface area contributed by atoms with E-state index in [1.54, 1.807) is 60.7 Å². The van der Waals surface area contributed by atoms with E-state index in [1.165, 1.54) is 12.1 Å². The van der Waals surface area contributed by atoms with Gasteiger partial charge in [-0.3, -0.25) is 13.9 Å². The average molecular weight is 480 g/mol. The van der Waals surface area contributed by atoms with Gasteiger partial charge in [-0.25, -0.2) is 8.42 Å². The van der Waals surface area contributed by atoms with Crippen molar-refractivity contribution < 1.29 is 18.0 Å². The first kappa shape index (κ1) is 25.0. The Kier molecular flexibility index (Phi) is 8.07. The molecular formula is C26H29N3O4S. The first-order valence-corrected chi connectivity index (χ1v) is 12.5. The normalized spacial score (nSPS) is 12.0. The standard InChI is InChI=1S/C26H29N3O4S/c1-4-20(3)27-26(31)23-15-8-9-16-24(23)28-25(30)18-29(21-12-10-11-19(2)17-21)34(32,33)22-13-6-5-7-14-22/h5-17,20H,4,18H2,1-3H3,(H,27,31)(H,28,30)/t20-/m0/s1. The number of nitrogens with one attached hydrogen (secondary N) is 2. The number of amides is 2. The molecule has 3 rings (SSSR count). The van der Waals surface area contributed by atoms with Crippen molar-refractivity contribution in [3.05, 3.63) is 90.0 Å². The van der Waals surface area contributed by atoms with Crippen molar-refractivity contribution >= 4 is 33.2 Å². The topological polar surface area (TPSA) is 95.6 Å². The van der Waals surface area contributed by atoms with Gasteiger partial charge in [0.1, 0.15) is 6.54 Å². The SMILES string of the molecule is CC[C@H](C)NC(=O)c1ccccc1NC(=O)CN(c1cccc(C)c1)S(=O)(=O)c1ccccc1. The highest BCUT2D eigenvalue weighted by Crippen LogP contribution is 2.25. The summed E-state index contributed by atoms with van der Waals surface area (Å²) in [6, 6.07) is 21.5. The van der Waals surface area contributed by atoms with E-state index < -0.39 is 22.5 Å². The van der Waals surface area contributed by atoms with Gasteiger partial charge in [-0.1, -0.05) is 49.4 Å². The molecule has 1 atom stereocenters. The molecule has 7 nitrogen and oxygen atoms in total. The molecule has 34 heavy (non-hydrogen) atoms. The van der Waals surface area contributed by atoms with E-state index >= 15 is 0 Å². The number of carbonyl (C=O) groups excluding carboxylic acids is 2. The smallest absolute Gasteiger partial charge is 0.264 e. The predicted molar refractivity (Wildman–Crippen MR) is 134 cm³/mol. The van der Waals surface area contributed by atoms with Gasteiger partial charge < -0.3 is 10.6 Å². The van der Waals surface area contributed by atoms with Crippen LogP contribution in [0.25, 0.3) is 0 Å². The van der Waals surface area contributed by atoms with Gasteiger partial charge in [0, 0.05) is 6.04 Å². The summed E-state index contributed by atoms with van der Waals surface area (Å²) < 4.78 is 28.0. The van der Waals surface area contributed by atoms with E-state index in [-0.39, 0.29) is 16.8 Å². The summed E-state index contributed by atoms with van der Waals surface area (Å²) in [6.45, 7) is 5.25. The second-order valence-electron chi connectivity index (χ2n) is 8.04. The summed E-state index contributed by atoms with van der Waals surface area (Å²) >= 11 is 0. The van der Waals surface area contributed by atoms with Crippen LogP contribution in [0.2, 0.25) is 0 Å². The average Bonchev–Trinajstić information content (AvgIpc) is 2.83. The molecule has 0 aliphatic heterocycles. The highest BCUT2D eigenvalue weighted by atomic mass is 32.2. The van der Waals surface area contributed by atoms with E-state index in [4.69, 9.17) is 0 Å². The van der Waals surface area contributed by atoms with Crippen LogP contribution in [0.1, 0.15) is 36.2 Å². The van der Waals surface area contributed by atoms with Crippen LogP contribution in [-0.2, 0) is 14.8 Å². The molecule has 0 aliphatic carbocycles. The van der Waals surface area contributed by atoms with Crippen LogP contribution < -0.4 is 14.9 Å². The molecule has 0 spiro atoms. The third-order valence-electron chi connectivity index (χ3n) is 5.34. The van der Waals surface area contributed by atoms with Gasteiger partial charge in [0.15, 0.2) is 0 Å². The molecule has 0 heterocycles. The molecule has 0 fully saturated rings. The third kappa shape index (κ3) is 6.02. The fourth-order valence-electron chi connectivity index (χ4n) is 3.33. The highest BCUT2D eigenvalue weighted by Gasteiger charge is 2.27. The van der Waals surface area contributed by atoms with Crippen molar-refractivity contribution in [1.82, 2.24) is 5.32 Å². The minimum Gasteiger partial charge on any atom is -0.350 e. The van der Waals surface area contributed by atoms with Gasteiger partial charge in [0.2, 0.25) is 5.91 Å². The van der Waals surface area contributed by atoms with Crippen molar-refractivity contribution in [3.63, 3.8) is 0 Å². The highest BCUT2D eigenvalue weighted by molar-refractivity contribution is 7.92. The van der Waals surface area contributed by atoms with Crippen molar-refractivity contribution in [1.29, 1.82) is 0 Å². The molecule has 0 bridgehead atoms. The summed E-state index contributed by atoms with van der Waals surface area (Å²) in [5, 5.41) is 5.60. The molecule has 0 saturated heterocycles. The van der Waals surface area contributed by atoms with Crippen LogP contribution in [0.15, 0.2) is 83.8 Å². The molecule has 0 saturated carbocycles. The van der Waals surface area contributed by atoms with E-state index in [0.29, 0.717) is 16.9 Å². The third-order valence-corrected chi connectivity index (χ3v) is 7.13. The Morgan fingerprint density at radius 2 is 1.62 bits per heavy atom. The second-order valence-corrected chi connectivity index (χ2v) is 9.90.